The number of benzene rings is 1. The van der Waals surface area contributed by atoms with Gasteiger partial charge in [-0.05, 0) is 32.7 Å². The fraction of sp³-hybridized carbons (Fsp3) is 0.562. The van der Waals surface area contributed by atoms with Gasteiger partial charge < -0.3 is 25.2 Å². The lowest BCUT2D eigenvalue weighted by atomic mass is 10.1. The van der Waals surface area contributed by atoms with Crippen LogP contribution in [0.3, 0.4) is 0 Å². The maximum absolute atomic E-state index is 11.3. The molecular formula is C16H26N2O4. The molecule has 0 aliphatic rings. The average Bonchev–Trinajstić information content (AvgIpc) is 2.61. The molecule has 0 aliphatic heterocycles. The third kappa shape index (κ3) is 7.28. The van der Waals surface area contributed by atoms with E-state index in [0.29, 0.717) is 0 Å². The zero-order valence-electron chi connectivity index (χ0n) is 21.2. The van der Waals surface area contributed by atoms with Crippen LogP contribution < -0.4 is 20.1 Å². The normalized spacial score (nSPS) is 20.4. The number of carbonyl (C=O) groups is 1. The molecule has 0 heterocycles. The van der Waals surface area contributed by atoms with Crippen LogP contribution in [0.15, 0.2) is 24.3 Å². The van der Waals surface area contributed by atoms with Crippen molar-refractivity contribution in [3.8, 4) is 11.5 Å². The molecule has 22 heavy (non-hydrogen) atoms. The molecule has 0 fully saturated rings. The van der Waals surface area contributed by atoms with E-state index in [9.17, 15) is 9.90 Å². The molecule has 0 bridgehead atoms. The van der Waals surface area contributed by atoms with E-state index in [4.69, 9.17) is 21.8 Å². The van der Waals surface area contributed by atoms with E-state index in [0.717, 1.165) is 0 Å². The second-order valence-electron chi connectivity index (χ2n) is 4.50. The van der Waals surface area contributed by atoms with Crippen LogP contribution in [0.1, 0.15) is 32.9 Å². The van der Waals surface area contributed by atoms with Crippen molar-refractivity contribution < 1.29 is 31.7 Å². The van der Waals surface area contributed by atoms with Crippen molar-refractivity contribution in [2.75, 3.05) is 26.8 Å². The Morgan fingerprint density at radius 2 is 1.95 bits per heavy atom. The van der Waals surface area contributed by atoms with Gasteiger partial charge in [-0.25, -0.2) is 0 Å². The lowest BCUT2D eigenvalue weighted by Gasteiger charge is -2.23. The van der Waals surface area contributed by atoms with Gasteiger partial charge in [0, 0.05) is 31.5 Å². The topological polar surface area (TPSA) is 79.8 Å². The van der Waals surface area contributed by atoms with Crippen LogP contribution in [0, 0.1) is 0 Å². The van der Waals surface area contributed by atoms with E-state index in [-0.39, 0.29) is 24.0 Å². The molecule has 6 heteroatoms. The fourth-order valence-corrected chi connectivity index (χ4v) is 1.42. The number of nitrogens with one attached hydrogen (secondary N) is 2. The summed E-state index contributed by atoms with van der Waals surface area (Å²) in [6, 6.07) is 6.25. The summed E-state index contributed by atoms with van der Waals surface area (Å²) < 4.78 is 78.6. The molecule has 1 aromatic carbocycles. The van der Waals surface area contributed by atoms with Crippen LogP contribution in [-0.2, 0) is 4.79 Å². The summed E-state index contributed by atoms with van der Waals surface area (Å²) >= 11 is 0. The number of ether oxygens (including phenoxy) is 2. The molecular weight excluding hydrogens is 284 g/mol. The minimum Gasteiger partial charge on any atom is -0.487 e. The minimum absolute atomic E-state index is 0.166. The van der Waals surface area contributed by atoms with Gasteiger partial charge in [-0.1, -0.05) is 12.1 Å². The van der Waals surface area contributed by atoms with Crippen molar-refractivity contribution in [2.24, 2.45) is 0 Å². The average molecular weight is 319 g/mol. The van der Waals surface area contributed by atoms with E-state index in [1.165, 1.54) is 19.2 Å². The highest BCUT2D eigenvalue weighted by molar-refractivity contribution is 5.77. The fourth-order valence-electron chi connectivity index (χ4n) is 1.42. The summed E-state index contributed by atoms with van der Waals surface area (Å²) in [7, 11) is 1.44. The molecule has 0 spiro atoms. The first-order valence-corrected chi connectivity index (χ1v) is 6.55. The minimum atomic E-state index is -3.43. The highest BCUT2D eigenvalue weighted by atomic mass is 16.5. The van der Waals surface area contributed by atoms with Gasteiger partial charge in [-0.2, -0.15) is 0 Å². The number of para-hydroxylation sites is 2. The largest absolute Gasteiger partial charge is 0.487 e. The van der Waals surface area contributed by atoms with E-state index in [2.05, 4.69) is 5.32 Å². The molecule has 3 N–H and O–H groups in total. The number of hydrogen-bond donors (Lipinski definition) is 3. The van der Waals surface area contributed by atoms with E-state index >= 15 is 0 Å². The molecule has 1 aromatic rings. The monoisotopic (exact) mass is 319 g/mol. The van der Waals surface area contributed by atoms with Gasteiger partial charge in [0.25, 0.3) is 5.91 Å². The first-order chi connectivity index (χ1) is 14.1. The summed E-state index contributed by atoms with van der Waals surface area (Å²) in [5.74, 6) is -0.0124. The van der Waals surface area contributed by atoms with Crippen LogP contribution in [0.5, 0.6) is 11.5 Å². The van der Waals surface area contributed by atoms with Gasteiger partial charge in [0.1, 0.15) is 12.7 Å². The second-order valence-corrected chi connectivity index (χ2v) is 4.50. The molecule has 1 amide bonds. The van der Waals surface area contributed by atoms with Gasteiger partial charge >= 0.3 is 0 Å². The summed E-state index contributed by atoms with van der Waals surface area (Å²) in [6.45, 7) is -11.7. The molecule has 0 radical (unpaired) electrons. The van der Waals surface area contributed by atoms with Gasteiger partial charge in [-0.3, -0.25) is 4.79 Å². The molecule has 0 aliphatic carbocycles. The molecule has 1 unspecified atom stereocenters. The SMILES string of the molecule is [2H]C([2H])([2H])C(NCC(O)COc1ccccc1OCC(=O)NC)(C([2H])([2H])[2H])C([2H])([2H])[2H]. The summed E-state index contributed by atoms with van der Waals surface area (Å²) in [5.41, 5.74) is -3.25. The molecule has 6 nitrogen and oxygen atoms in total. The predicted molar refractivity (Wildman–Crippen MR) is 85.3 cm³/mol. The summed E-state index contributed by atoms with van der Waals surface area (Å²) in [4.78, 5) is 11.3. The Morgan fingerprint density at radius 1 is 1.32 bits per heavy atom. The lowest BCUT2D eigenvalue weighted by molar-refractivity contribution is -0.122. The Hall–Kier alpha value is -1.79. The third-order valence-corrected chi connectivity index (χ3v) is 2.52. The maximum atomic E-state index is 11.3. The quantitative estimate of drug-likeness (QED) is 0.664. The Morgan fingerprint density at radius 3 is 2.55 bits per heavy atom. The molecule has 0 saturated carbocycles. The Kier molecular flexibility index (Phi) is 3.42. The van der Waals surface area contributed by atoms with Crippen molar-refractivity contribution in [3.05, 3.63) is 24.3 Å². The van der Waals surface area contributed by atoms with E-state index in [1.54, 1.807) is 12.1 Å². The second kappa shape index (κ2) is 8.60. The molecule has 0 saturated heterocycles. The number of rotatable bonds is 8. The van der Waals surface area contributed by atoms with Crippen molar-refractivity contribution in [1.82, 2.24) is 10.6 Å². The number of β-amino-alcohol motifs (C(OH)–C–C–N with tert-alkyl or cyclic N) is 1. The third-order valence-electron chi connectivity index (χ3n) is 2.52. The van der Waals surface area contributed by atoms with Crippen LogP contribution >= 0.6 is 0 Å². The Balaban J connectivity index is 2.89. The number of aliphatic hydroxyl groups is 1. The molecule has 1 atom stereocenters. The number of likely N-dealkylation sites (N-methyl/N-ethyl adjacent to an activating group) is 1. The van der Waals surface area contributed by atoms with Gasteiger partial charge in [0.05, 0.1) is 0 Å². The Bertz CT molecular complexity index is 699. The standard InChI is InChI=1S/C16H26N2O4/c1-16(2,3)18-9-12(19)10-21-13-7-5-6-8-14(13)22-11-15(20)17-4/h5-8,12,18-19H,9-11H2,1-4H3,(H,17,20)/i1D3,2D3,3D3. The highest BCUT2D eigenvalue weighted by Gasteiger charge is 2.14. The number of aliphatic hydroxyl groups excluding tert-OH is 1. The summed E-state index contributed by atoms with van der Waals surface area (Å²) in [5, 5.41) is 14.6. The van der Waals surface area contributed by atoms with Crippen molar-refractivity contribution in [1.29, 1.82) is 0 Å². The van der Waals surface area contributed by atoms with Crippen LogP contribution in [0.25, 0.3) is 0 Å². The molecule has 1 rings (SSSR count). The van der Waals surface area contributed by atoms with Gasteiger partial charge in [-0.15, -0.1) is 0 Å². The lowest BCUT2D eigenvalue weighted by Crippen LogP contribution is -2.42. The Labute approximate surface area is 144 Å². The smallest absolute Gasteiger partial charge is 0.257 e. The molecule has 0 aromatic heterocycles. The predicted octanol–water partition coefficient (Wildman–Crippen LogP) is 0.939. The zero-order valence-corrected chi connectivity index (χ0v) is 12.2. The summed E-state index contributed by atoms with van der Waals surface area (Å²) in [6.07, 6.45) is -1.46. The first-order valence-electron chi connectivity index (χ1n) is 11.0. The zero-order chi connectivity index (χ0) is 24.1. The maximum Gasteiger partial charge on any atom is 0.257 e. The van der Waals surface area contributed by atoms with Crippen molar-refractivity contribution in [3.63, 3.8) is 0 Å². The first kappa shape index (κ1) is 8.74. The van der Waals surface area contributed by atoms with Crippen LogP contribution in [-0.4, -0.2) is 49.5 Å². The molecule has 124 valence electrons. The number of hydrogen-bond acceptors (Lipinski definition) is 5. The van der Waals surface area contributed by atoms with Crippen LogP contribution in [0.4, 0.5) is 0 Å². The van der Waals surface area contributed by atoms with Crippen molar-refractivity contribution in [2.45, 2.75) is 32.2 Å². The van der Waals surface area contributed by atoms with Gasteiger partial charge in [0.15, 0.2) is 18.1 Å². The highest BCUT2D eigenvalue weighted by Crippen LogP contribution is 2.26. The van der Waals surface area contributed by atoms with E-state index in [1.807, 2.05) is 5.32 Å². The van der Waals surface area contributed by atoms with Crippen LogP contribution in [0.2, 0.25) is 0 Å². The van der Waals surface area contributed by atoms with Gasteiger partial charge in [0.2, 0.25) is 0 Å². The van der Waals surface area contributed by atoms with Crippen molar-refractivity contribution >= 4 is 5.91 Å². The number of amides is 1. The number of carbonyl (C=O) groups excluding carboxylic acids is 1. The van der Waals surface area contributed by atoms with E-state index < -0.39 is 45.4 Å².